The van der Waals surface area contributed by atoms with Crippen LogP contribution in [0.25, 0.3) is 0 Å². The molecule has 0 spiro atoms. The molecule has 0 amide bonds. The lowest BCUT2D eigenvalue weighted by molar-refractivity contribution is 0.0330. The third-order valence-corrected chi connectivity index (χ3v) is 4.50. The summed E-state index contributed by atoms with van der Waals surface area (Å²) in [5.74, 6) is 0. The van der Waals surface area contributed by atoms with Crippen molar-refractivity contribution in [3.8, 4) is 0 Å². The van der Waals surface area contributed by atoms with Crippen LogP contribution in [0.2, 0.25) is 0 Å². The summed E-state index contributed by atoms with van der Waals surface area (Å²) in [5.41, 5.74) is 2.18. The summed E-state index contributed by atoms with van der Waals surface area (Å²) >= 11 is 0. The molecule has 0 bridgehead atoms. The molecule has 2 atom stereocenters. The molecule has 3 rings (SSSR count). The number of benzene rings is 1. The predicted octanol–water partition coefficient (Wildman–Crippen LogP) is 2.91. The third-order valence-electron chi connectivity index (χ3n) is 4.50. The van der Waals surface area contributed by atoms with Crippen LogP contribution in [0.3, 0.4) is 0 Å². The van der Waals surface area contributed by atoms with E-state index < -0.39 is 5.60 Å². The maximum Gasteiger partial charge on any atom is 0.0883 e. The Morgan fingerprint density at radius 1 is 1.44 bits per heavy atom. The van der Waals surface area contributed by atoms with Gasteiger partial charge in [0.2, 0.25) is 0 Å². The van der Waals surface area contributed by atoms with Crippen molar-refractivity contribution in [2.45, 2.75) is 43.7 Å². The molecule has 1 aliphatic heterocycles. The van der Waals surface area contributed by atoms with Crippen molar-refractivity contribution in [3.05, 3.63) is 42.5 Å². The highest BCUT2D eigenvalue weighted by Gasteiger charge is 2.44. The first kappa shape index (κ1) is 11.8. The maximum absolute atomic E-state index is 10.8. The zero-order valence-corrected chi connectivity index (χ0v) is 10.8. The van der Waals surface area contributed by atoms with E-state index in [2.05, 4.69) is 35.7 Å². The summed E-state index contributed by atoms with van der Waals surface area (Å²) in [6.45, 7) is 4.84. The quantitative estimate of drug-likeness (QED) is 0.825. The van der Waals surface area contributed by atoms with Crippen LogP contribution in [0.1, 0.15) is 31.2 Å². The minimum atomic E-state index is -0.570. The second-order valence-electron chi connectivity index (χ2n) is 5.58. The van der Waals surface area contributed by atoms with Gasteiger partial charge in [-0.25, -0.2) is 0 Å². The molecule has 18 heavy (non-hydrogen) atoms. The highest BCUT2D eigenvalue weighted by molar-refractivity contribution is 5.59. The molecule has 1 fully saturated rings. The summed E-state index contributed by atoms with van der Waals surface area (Å²) in [5, 5.41) is 10.8. The normalized spacial score (nSPS) is 30.5. The van der Waals surface area contributed by atoms with Crippen LogP contribution in [-0.2, 0) is 6.42 Å². The first-order chi connectivity index (χ1) is 8.74. The lowest BCUT2D eigenvalue weighted by Crippen LogP contribution is -2.48. The summed E-state index contributed by atoms with van der Waals surface area (Å²) in [6.07, 6.45) is 6.79. The number of para-hydroxylation sites is 1. The summed E-state index contributed by atoms with van der Waals surface area (Å²) < 4.78 is 0. The molecule has 0 unspecified atom stereocenters. The molecule has 1 heterocycles. The first-order valence-electron chi connectivity index (χ1n) is 6.92. The summed E-state index contributed by atoms with van der Waals surface area (Å²) in [6, 6.07) is 8.86. The van der Waals surface area contributed by atoms with Crippen molar-refractivity contribution in [3.63, 3.8) is 0 Å². The topological polar surface area (TPSA) is 23.5 Å². The van der Waals surface area contributed by atoms with Gasteiger partial charge in [-0.2, -0.15) is 0 Å². The Balaban J connectivity index is 1.90. The van der Waals surface area contributed by atoms with Crippen molar-refractivity contribution in [1.29, 1.82) is 0 Å². The van der Waals surface area contributed by atoms with E-state index in [1.165, 1.54) is 11.3 Å². The van der Waals surface area contributed by atoms with Gasteiger partial charge in [0.25, 0.3) is 0 Å². The van der Waals surface area contributed by atoms with E-state index >= 15 is 0 Å². The van der Waals surface area contributed by atoms with Gasteiger partial charge in [0.05, 0.1) is 11.6 Å². The van der Waals surface area contributed by atoms with Gasteiger partial charge >= 0.3 is 0 Å². The van der Waals surface area contributed by atoms with Crippen molar-refractivity contribution in [1.82, 2.24) is 0 Å². The Kier molecular flexibility index (Phi) is 2.90. The van der Waals surface area contributed by atoms with Gasteiger partial charge in [-0.1, -0.05) is 24.3 Å². The second-order valence-corrected chi connectivity index (χ2v) is 5.58. The Morgan fingerprint density at radius 2 is 2.28 bits per heavy atom. The molecule has 1 aliphatic carbocycles. The van der Waals surface area contributed by atoms with Crippen LogP contribution in [-0.4, -0.2) is 23.3 Å². The zero-order chi connectivity index (χ0) is 12.6. The molecule has 2 aliphatic rings. The van der Waals surface area contributed by atoms with Gasteiger partial charge < -0.3 is 10.0 Å². The van der Waals surface area contributed by atoms with Crippen LogP contribution in [0.5, 0.6) is 0 Å². The van der Waals surface area contributed by atoms with Crippen LogP contribution in [0, 0.1) is 0 Å². The Labute approximate surface area is 109 Å². The van der Waals surface area contributed by atoms with Crippen molar-refractivity contribution >= 4 is 5.69 Å². The Morgan fingerprint density at radius 3 is 3.11 bits per heavy atom. The van der Waals surface area contributed by atoms with Gasteiger partial charge in [0.15, 0.2) is 0 Å². The molecule has 96 valence electrons. The number of fused-ring (bicyclic) bond motifs is 1. The standard InChI is InChI=1S/C16H21NO/c1-2-10-16(18)11-5-8-15(16)17-12-9-13-6-3-4-7-14(13)17/h2-4,6-7,15,18H,1,5,8-12H2/t15-,16+/m0/s1. The lowest BCUT2D eigenvalue weighted by atomic mass is 9.92. The van der Waals surface area contributed by atoms with Crippen molar-refractivity contribution in [2.24, 2.45) is 0 Å². The van der Waals surface area contributed by atoms with Crippen molar-refractivity contribution < 1.29 is 5.11 Å². The van der Waals surface area contributed by atoms with Gasteiger partial charge in [-0.15, -0.1) is 6.58 Å². The SMILES string of the molecule is C=CC[C@@]1(O)CCC[C@@H]1N1CCc2ccccc21. The number of nitrogens with zero attached hydrogens (tertiary/aromatic N) is 1. The highest BCUT2D eigenvalue weighted by atomic mass is 16.3. The van der Waals surface area contributed by atoms with Gasteiger partial charge in [0, 0.05) is 12.2 Å². The molecule has 1 saturated carbocycles. The number of rotatable bonds is 3. The number of aliphatic hydroxyl groups is 1. The predicted molar refractivity (Wildman–Crippen MR) is 74.9 cm³/mol. The molecule has 1 N–H and O–H groups in total. The Hall–Kier alpha value is -1.28. The van der Waals surface area contributed by atoms with E-state index in [0.29, 0.717) is 6.42 Å². The van der Waals surface area contributed by atoms with E-state index in [1.807, 2.05) is 6.08 Å². The van der Waals surface area contributed by atoms with E-state index in [1.54, 1.807) is 0 Å². The number of hydrogen-bond donors (Lipinski definition) is 1. The molecule has 1 aromatic rings. The minimum Gasteiger partial charge on any atom is -0.387 e. The fourth-order valence-corrected chi connectivity index (χ4v) is 3.66. The van der Waals surface area contributed by atoms with Crippen LogP contribution >= 0.6 is 0 Å². The second kappa shape index (κ2) is 4.43. The third kappa shape index (κ3) is 1.76. The van der Waals surface area contributed by atoms with Gasteiger partial charge in [-0.05, 0) is 43.7 Å². The van der Waals surface area contributed by atoms with E-state index in [9.17, 15) is 5.11 Å². The van der Waals surface area contributed by atoms with Gasteiger partial charge in [-0.3, -0.25) is 0 Å². The number of anilines is 1. The van der Waals surface area contributed by atoms with Crippen LogP contribution in [0.15, 0.2) is 36.9 Å². The van der Waals surface area contributed by atoms with Crippen molar-refractivity contribution in [2.75, 3.05) is 11.4 Å². The van der Waals surface area contributed by atoms with Crippen LogP contribution in [0.4, 0.5) is 5.69 Å². The largest absolute Gasteiger partial charge is 0.387 e. The monoisotopic (exact) mass is 243 g/mol. The van der Waals surface area contributed by atoms with E-state index in [4.69, 9.17) is 0 Å². The smallest absolute Gasteiger partial charge is 0.0883 e. The summed E-state index contributed by atoms with van der Waals surface area (Å²) in [4.78, 5) is 2.42. The average molecular weight is 243 g/mol. The fourth-order valence-electron chi connectivity index (χ4n) is 3.66. The zero-order valence-electron chi connectivity index (χ0n) is 10.8. The molecule has 0 saturated heterocycles. The molecule has 0 radical (unpaired) electrons. The van der Waals surface area contributed by atoms with Crippen LogP contribution < -0.4 is 4.90 Å². The highest BCUT2D eigenvalue weighted by Crippen LogP contribution is 2.41. The Bertz CT molecular complexity index is 456. The molecule has 2 nitrogen and oxygen atoms in total. The first-order valence-corrected chi connectivity index (χ1v) is 6.92. The van der Waals surface area contributed by atoms with Gasteiger partial charge in [0.1, 0.15) is 0 Å². The molecule has 2 heteroatoms. The lowest BCUT2D eigenvalue weighted by Gasteiger charge is -2.37. The minimum absolute atomic E-state index is 0.263. The summed E-state index contributed by atoms with van der Waals surface area (Å²) in [7, 11) is 0. The maximum atomic E-state index is 10.8. The molecular formula is C16H21NO. The molecule has 0 aromatic heterocycles. The van der Waals surface area contributed by atoms with E-state index in [-0.39, 0.29) is 6.04 Å². The number of hydrogen-bond acceptors (Lipinski definition) is 2. The van der Waals surface area contributed by atoms with E-state index in [0.717, 1.165) is 32.2 Å². The molecular weight excluding hydrogens is 222 g/mol. The molecule has 1 aromatic carbocycles. The fraction of sp³-hybridized carbons (Fsp3) is 0.500. The average Bonchev–Trinajstić information content (AvgIpc) is 2.93.